The number of rotatable bonds is 5. The van der Waals surface area contributed by atoms with E-state index in [0.717, 1.165) is 24.2 Å². The number of carbonyl (C=O) groups is 1. The van der Waals surface area contributed by atoms with Crippen LogP contribution in [0.3, 0.4) is 0 Å². The molecule has 0 unspecified atom stereocenters. The summed E-state index contributed by atoms with van der Waals surface area (Å²) in [5, 5.41) is 0. The first kappa shape index (κ1) is 14.3. The third-order valence-corrected chi connectivity index (χ3v) is 4.72. The molecule has 0 saturated carbocycles. The summed E-state index contributed by atoms with van der Waals surface area (Å²) in [4.78, 5) is 14.6. The summed E-state index contributed by atoms with van der Waals surface area (Å²) in [6, 6.07) is 7.92. The van der Waals surface area contributed by atoms with Gasteiger partial charge in [0, 0.05) is 12.1 Å². The smallest absolute Gasteiger partial charge is 0.176 e. The third-order valence-electron chi connectivity index (χ3n) is 4.72. The van der Waals surface area contributed by atoms with Crippen molar-refractivity contribution >= 4 is 5.78 Å². The molecule has 1 fully saturated rings. The Hall–Kier alpha value is -1.15. The molecule has 2 heteroatoms. The molecular formula is C17H25NO. The fourth-order valence-corrected chi connectivity index (χ4v) is 3.10. The van der Waals surface area contributed by atoms with E-state index in [2.05, 4.69) is 18.7 Å². The summed E-state index contributed by atoms with van der Waals surface area (Å²) in [5.74, 6) is 0.256. The number of hydrogen-bond acceptors (Lipinski definition) is 2. The summed E-state index contributed by atoms with van der Waals surface area (Å²) in [6.07, 6.45) is 3.68. The van der Waals surface area contributed by atoms with E-state index in [4.69, 9.17) is 0 Å². The van der Waals surface area contributed by atoms with Crippen LogP contribution in [0.15, 0.2) is 24.3 Å². The monoisotopic (exact) mass is 259 g/mol. The second-order valence-corrected chi connectivity index (χ2v) is 5.96. The normalized spacial score (nSPS) is 18.7. The Morgan fingerprint density at radius 3 is 2.63 bits per heavy atom. The fraction of sp³-hybridized carbons (Fsp3) is 0.588. The molecule has 0 spiro atoms. The standard InChI is InChI=1S/C17H25NO/c1-4-17(5-2)9-10-18(13-17)12-16(19)15-8-6-7-14(3)11-15/h6-8,11H,4-5,9-10,12-13H2,1-3H3. The van der Waals surface area contributed by atoms with Gasteiger partial charge in [-0.25, -0.2) is 0 Å². The van der Waals surface area contributed by atoms with E-state index >= 15 is 0 Å². The zero-order valence-corrected chi connectivity index (χ0v) is 12.4. The van der Waals surface area contributed by atoms with Crippen LogP contribution in [0.2, 0.25) is 0 Å². The molecule has 1 aromatic rings. The summed E-state index contributed by atoms with van der Waals surface area (Å²) in [6.45, 7) is 9.30. The van der Waals surface area contributed by atoms with Crippen LogP contribution in [-0.2, 0) is 0 Å². The number of Topliss-reactive ketones (excluding diaryl/α,β-unsaturated/α-hetero) is 1. The van der Waals surface area contributed by atoms with Gasteiger partial charge in [0.15, 0.2) is 5.78 Å². The van der Waals surface area contributed by atoms with Gasteiger partial charge in [-0.3, -0.25) is 9.69 Å². The number of hydrogen-bond donors (Lipinski definition) is 0. The molecule has 0 N–H and O–H groups in total. The molecular weight excluding hydrogens is 234 g/mol. The van der Waals surface area contributed by atoms with Gasteiger partial charge >= 0.3 is 0 Å². The second kappa shape index (κ2) is 5.87. The van der Waals surface area contributed by atoms with Crippen molar-refractivity contribution in [2.24, 2.45) is 5.41 Å². The SMILES string of the molecule is CCC1(CC)CCN(CC(=O)c2cccc(C)c2)C1. The van der Waals surface area contributed by atoms with Crippen LogP contribution >= 0.6 is 0 Å². The minimum atomic E-state index is 0.256. The van der Waals surface area contributed by atoms with E-state index in [9.17, 15) is 4.79 Å². The molecule has 0 aromatic heterocycles. The van der Waals surface area contributed by atoms with Crippen molar-refractivity contribution in [2.75, 3.05) is 19.6 Å². The minimum Gasteiger partial charge on any atom is -0.295 e. The lowest BCUT2D eigenvalue weighted by atomic mass is 9.82. The van der Waals surface area contributed by atoms with Gasteiger partial charge in [0.2, 0.25) is 0 Å². The molecule has 0 bridgehead atoms. The predicted octanol–water partition coefficient (Wildman–Crippen LogP) is 3.69. The van der Waals surface area contributed by atoms with Crippen LogP contribution in [0, 0.1) is 12.3 Å². The van der Waals surface area contributed by atoms with Crippen molar-refractivity contribution < 1.29 is 4.79 Å². The Balaban J connectivity index is 1.98. The highest BCUT2D eigenvalue weighted by Crippen LogP contribution is 2.36. The van der Waals surface area contributed by atoms with E-state index in [0.29, 0.717) is 12.0 Å². The zero-order valence-electron chi connectivity index (χ0n) is 12.4. The average Bonchev–Trinajstić information content (AvgIpc) is 2.83. The summed E-state index contributed by atoms with van der Waals surface area (Å²) >= 11 is 0. The van der Waals surface area contributed by atoms with Crippen molar-refractivity contribution in [3.8, 4) is 0 Å². The Morgan fingerprint density at radius 2 is 2.05 bits per heavy atom. The number of nitrogens with zero attached hydrogens (tertiary/aromatic N) is 1. The molecule has 0 radical (unpaired) electrons. The lowest BCUT2D eigenvalue weighted by Gasteiger charge is -2.26. The van der Waals surface area contributed by atoms with E-state index in [1.165, 1.54) is 19.3 Å². The largest absolute Gasteiger partial charge is 0.295 e. The summed E-state index contributed by atoms with van der Waals surface area (Å²) < 4.78 is 0. The van der Waals surface area contributed by atoms with E-state index in [1.54, 1.807) is 0 Å². The maximum absolute atomic E-state index is 12.3. The molecule has 1 aromatic carbocycles. The quantitative estimate of drug-likeness (QED) is 0.752. The first-order chi connectivity index (χ1) is 9.08. The van der Waals surface area contributed by atoms with Crippen LogP contribution < -0.4 is 0 Å². The van der Waals surface area contributed by atoms with Gasteiger partial charge < -0.3 is 0 Å². The number of likely N-dealkylation sites (tertiary alicyclic amines) is 1. The number of benzene rings is 1. The van der Waals surface area contributed by atoms with E-state index < -0.39 is 0 Å². The lowest BCUT2D eigenvalue weighted by Crippen LogP contribution is -2.31. The molecule has 1 heterocycles. The molecule has 0 amide bonds. The van der Waals surface area contributed by atoms with Gasteiger partial charge in [-0.1, -0.05) is 37.6 Å². The van der Waals surface area contributed by atoms with Crippen molar-refractivity contribution in [3.05, 3.63) is 35.4 Å². The van der Waals surface area contributed by atoms with Crippen LogP contribution in [-0.4, -0.2) is 30.3 Å². The molecule has 19 heavy (non-hydrogen) atoms. The maximum Gasteiger partial charge on any atom is 0.176 e. The van der Waals surface area contributed by atoms with Crippen molar-refractivity contribution in [1.29, 1.82) is 0 Å². The Labute approximate surface area is 116 Å². The van der Waals surface area contributed by atoms with Crippen molar-refractivity contribution in [2.45, 2.75) is 40.0 Å². The van der Waals surface area contributed by atoms with Crippen LogP contribution in [0.1, 0.15) is 49.0 Å². The minimum absolute atomic E-state index is 0.256. The van der Waals surface area contributed by atoms with Gasteiger partial charge in [-0.05, 0) is 44.2 Å². The van der Waals surface area contributed by atoms with E-state index in [-0.39, 0.29) is 5.78 Å². The van der Waals surface area contributed by atoms with Gasteiger partial charge in [0.05, 0.1) is 6.54 Å². The van der Waals surface area contributed by atoms with Gasteiger partial charge in [-0.2, -0.15) is 0 Å². The molecule has 2 rings (SSSR count). The number of carbonyl (C=O) groups excluding carboxylic acids is 1. The Bertz CT molecular complexity index is 448. The van der Waals surface area contributed by atoms with Crippen LogP contribution in [0.5, 0.6) is 0 Å². The Morgan fingerprint density at radius 1 is 1.32 bits per heavy atom. The van der Waals surface area contributed by atoms with Crippen LogP contribution in [0.25, 0.3) is 0 Å². The maximum atomic E-state index is 12.3. The highest BCUT2D eigenvalue weighted by Gasteiger charge is 2.35. The van der Waals surface area contributed by atoms with Crippen molar-refractivity contribution in [1.82, 2.24) is 4.90 Å². The average molecular weight is 259 g/mol. The van der Waals surface area contributed by atoms with Crippen LogP contribution in [0.4, 0.5) is 0 Å². The predicted molar refractivity (Wildman–Crippen MR) is 79.6 cm³/mol. The molecule has 1 aliphatic rings. The summed E-state index contributed by atoms with van der Waals surface area (Å²) in [5.41, 5.74) is 2.46. The zero-order chi connectivity index (χ0) is 13.9. The van der Waals surface area contributed by atoms with Gasteiger partial charge in [-0.15, -0.1) is 0 Å². The highest BCUT2D eigenvalue weighted by molar-refractivity contribution is 5.97. The molecule has 104 valence electrons. The summed E-state index contributed by atoms with van der Waals surface area (Å²) in [7, 11) is 0. The molecule has 1 saturated heterocycles. The van der Waals surface area contributed by atoms with E-state index in [1.807, 2.05) is 31.2 Å². The molecule has 0 aliphatic carbocycles. The first-order valence-electron chi connectivity index (χ1n) is 7.41. The first-order valence-corrected chi connectivity index (χ1v) is 7.41. The third kappa shape index (κ3) is 3.24. The number of ketones is 1. The lowest BCUT2D eigenvalue weighted by molar-refractivity contribution is 0.0936. The molecule has 2 nitrogen and oxygen atoms in total. The highest BCUT2D eigenvalue weighted by atomic mass is 16.1. The molecule has 1 aliphatic heterocycles. The Kier molecular flexibility index (Phi) is 4.41. The number of aryl methyl sites for hydroxylation is 1. The second-order valence-electron chi connectivity index (χ2n) is 5.96. The van der Waals surface area contributed by atoms with Crippen molar-refractivity contribution in [3.63, 3.8) is 0 Å². The fourth-order valence-electron chi connectivity index (χ4n) is 3.10. The van der Waals surface area contributed by atoms with Gasteiger partial charge in [0.25, 0.3) is 0 Å². The van der Waals surface area contributed by atoms with Gasteiger partial charge in [0.1, 0.15) is 0 Å². The topological polar surface area (TPSA) is 20.3 Å². The molecule has 0 atom stereocenters.